The molecule has 4 rings (SSSR count). The lowest BCUT2D eigenvalue weighted by molar-refractivity contribution is -0.137. The Labute approximate surface area is 136 Å². The Morgan fingerprint density at radius 3 is 2.55 bits per heavy atom. The number of amides is 1. The van der Waals surface area contributed by atoms with Gasteiger partial charge in [-0.05, 0) is 49.8 Å². The van der Waals surface area contributed by atoms with Crippen molar-refractivity contribution in [2.45, 2.75) is 37.5 Å². The van der Waals surface area contributed by atoms with E-state index in [9.17, 15) is 4.79 Å². The molecule has 22 heavy (non-hydrogen) atoms. The minimum absolute atomic E-state index is 0.226. The summed E-state index contributed by atoms with van der Waals surface area (Å²) in [6, 6.07) is 7.83. The molecule has 2 saturated heterocycles. The van der Waals surface area contributed by atoms with E-state index in [4.69, 9.17) is 16.3 Å². The topological polar surface area (TPSA) is 29.5 Å². The summed E-state index contributed by atoms with van der Waals surface area (Å²) in [6.07, 6.45) is 5.34. The Kier molecular flexibility index (Phi) is 3.46. The maximum absolute atomic E-state index is 13.2. The molecule has 0 bridgehead atoms. The number of hydrogen-bond donors (Lipinski definition) is 0. The van der Waals surface area contributed by atoms with Crippen molar-refractivity contribution in [2.75, 3.05) is 26.3 Å². The first kappa shape index (κ1) is 14.5. The lowest BCUT2D eigenvalue weighted by Crippen LogP contribution is -2.49. The van der Waals surface area contributed by atoms with E-state index in [1.807, 2.05) is 24.3 Å². The van der Waals surface area contributed by atoms with Crippen LogP contribution in [0.25, 0.3) is 0 Å². The van der Waals surface area contributed by atoms with Gasteiger partial charge in [0.05, 0.1) is 12.0 Å². The summed E-state index contributed by atoms with van der Waals surface area (Å²) in [7, 11) is 0. The van der Waals surface area contributed by atoms with Crippen molar-refractivity contribution in [2.24, 2.45) is 5.41 Å². The van der Waals surface area contributed by atoms with E-state index in [2.05, 4.69) is 4.90 Å². The van der Waals surface area contributed by atoms with E-state index >= 15 is 0 Å². The fourth-order valence-corrected chi connectivity index (χ4v) is 4.30. The van der Waals surface area contributed by atoms with E-state index in [0.717, 1.165) is 62.6 Å². The molecular formula is C18H22ClNO2. The highest BCUT2D eigenvalue weighted by molar-refractivity contribution is 6.30. The van der Waals surface area contributed by atoms with Crippen LogP contribution in [0.5, 0.6) is 0 Å². The molecule has 1 amide bonds. The summed E-state index contributed by atoms with van der Waals surface area (Å²) in [4.78, 5) is 15.3. The second-order valence-electron chi connectivity index (χ2n) is 7.22. The standard InChI is InChI=1S/C18H22ClNO2/c19-15-4-2-14(3-5-15)18(7-8-18)16(21)20-10-1-6-17(12-20)9-11-22-13-17/h2-5H,1,6-13H2. The molecule has 1 aromatic carbocycles. The SMILES string of the molecule is O=C(N1CCCC2(CCOC2)C1)C1(c2ccc(Cl)cc2)CC1. The highest BCUT2D eigenvalue weighted by Gasteiger charge is 2.54. The first-order valence-corrected chi connectivity index (χ1v) is 8.65. The Morgan fingerprint density at radius 1 is 1.14 bits per heavy atom. The van der Waals surface area contributed by atoms with Gasteiger partial charge in [0, 0.05) is 30.1 Å². The van der Waals surface area contributed by atoms with Crippen LogP contribution in [0.4, 0.5) is 0 Å². The molecule has 3 fully saturated rings. The lowest BCUT2D eigenvalue weighted by atomic mass is 9.78. The summed E-state index contributed by atoms with van der Waals surface area (Å²) >= 11 is 5.98. The molecule has 1 aliphatic carbocycles. The first-order valence-electron chi connectivity index (χ1n) is 8.27. The van der Waals surface area contributed by atoms with Gasteiger partial charge < -0.3 is 9.64 Å². The van der Waals surface area contributed by atoms with Gasteiger partial charge in [0.15, 0.2) is 0 Å². The van der Waals surface area contributed by atoms with Crippen LogP contribution in [0.3, 0.4) is 0 Å². The number of carbonyl (C=O) groups excluding carboxylic acids is 1. The van der Waals surface area contributed by atoms with Crippen molar-refractivity contribution in [1.82, 2.24) is 4.90 Å². The molecule has 3 nitrogen and oxygen atoms in total. The molecule has 1 unspecified atom stereocenters. The number of nitrogens with zero attached hydrogens (tertiary/aromatic N) is 1. The molecule has 0 aromatic heterocycles. The van der Waals surface area contributed by atoms with E-state index in [1.165, 1.54) is 6.42 Å². The Balaban J connectivity index is 1.55. The smallest absolute Gasteiger partial charge is 0.233 e. The lowest BCUT2D eigenvalue weighted by Gasteiger charge is -2.41. The minimum Gasteiger partial charge on any atom is -0.381 e. The molecule has 1 spiro atoms. The number of rotatable bonds is 2. The molecule has 1 aromatic rings. The van der Waals surface area contributed by atoms with E-state index < -0.39 is 0 Å². The van der Waals surface area contributed by atoms with E-state index in [-0.39, 0.29) is 10.8 Å². The van der Waals surface area contributed by atoms with Gasteiger partial charge in [-0.2, -0.15) is 0 Å². The Bertz CT molecular complexity index is 573. The fourth-order valence-electron chi connectivity index (χ4n) is 4.18. The molecule has 118 valence electrons. The van der Waals surface area contributed by atoms with Crippen LogP contribution < -0.4 is 0 Å². The van der Waals surface area contributed by atoms with Gasteiger partial charge in [-0.15, -0.1) is 0 Å². The van der Waals surface area contributed by atoms with Crippen LogP contribution in [-0.2, 0) is 14.9 Å². The van der Waals surface area contributed by atoms with Crippen LogP contribution in [0.2, 0.25) is 5.02 Å². The molecule has 2 heterocycles. The number of carbonyl (C=O) groups is 1. The van der Waals surface area contributed by atoms with Crippen molar-refractivity contribution in [1.29, 1.82) is 0 Å². The van der Waals surface area contributed by atoms with Crippen LogP contribution in [0.15, 0.2) is 24.3 Å². The van der Waals surface area contributed by atoms with Crippen molar-refractivity contribution in [3.05, 3.63) is 34.9 Å². The van der Waals surface area contributed by atoms with Crippen molar-refractivity contribution in [3.8, 4) is 0 Å². The monoisotopic (exact) mass is 319 g/mol. The normalized spacial score (nSPS) is 29.8. The van der Waals surface area contributed by atoms with Gasteiger partial charge in [-0.3, -0.25) is 4.79 Å². The maximum Gasteiger partial charge on any atom is 0.233 e. The third-order valence-corrected chi connectivity index (χ3v) is 5.94. The van der Waals surface area contributed by atoms with Gasteiger partial charge in [-0.25, -0.2) is 0 Å². The number of ether oxygens (including phenoxy) is 1. The largest absolute Gasteiger partial charge is 0.381 e. The molecule has 0 N–H and O–H groups in total. The second kappa shape index (κ2) is 5.24. The van der Waals surface area contributed by atoms with Gasteiger partial charge in [-0.1, -0.05) is 23.7 Å². The minimum atomic E-state index is -0.275. The molecule has 0 radical (unpaired) electrons. The highest BCUT2D eigenvalue weighted by atomic mass is 35.5. The summed E-state index contributed by atoms with van der Waals surface area (Å²) < 4.78 is 5.61. The molecular weight excluding hydrogens is 298 g/mol. The van der Waals surface area contributed by atoms with E-state index in [1.54, 1.807) is 0 Å². The number of benzene rings is 1. The van der Waals surface area contributed by atoms with Crippen LogP contribution >= 0.6 is 11.6 Å². The van der Waals surface area contributed by atoms with Gasteiger partial charge in [0.25, 0.3) is 0 Å². The zero-order valence-electron chi connectivity index (χ0n) is 12.8. The van der Waals surface area contributed by atoms with Crippen LogP contribution in [0.1, 0.15) is 37.7 Å². The van der Waals surface area contributed by atoms with Gasteiger partial charge in [0.2, 0.25) is 5.91 Å². The number of likely N-dealkylation sites (tertiary alicyclic amines) is 1. The zero-order chi connectivity index (χ0) is 15.2. The van der Waals surface area contributed by atoms with Crippen molar-refractivity contribution in [3.63, 3.8) is 0 Å². The zero-order valence-corrected chi connectivity index (χ0v) is 13.6. The van der Waals surface area contributed by atoms with Crippen LogP contribution in [0, 0.1) is 5.41 Å². The molecule has 4 heteroatoms. The fraction of sp³-hybridized carbons (Fsp3) is 0.611. The molecule has 2 aliphatic heterocycles. The van der Waals surface area contributed by atoms with Gasteiger partial charge in [0.1, 0.15) is 0 Å². The third-order valence-electron chi connectivity index (χ3n) is 5.69. The van der Waals surface area contributed by atoms with Crippen LogP contribution in [-0.4, -0.2) is 37.1 Å². The molecule has 1 atom stereocenters. The third kappa shape index (κ3) is 2.35. The average molecular weight is 320 g/mol. The predicted molar refractivity (Wildman–Crippen MR) is 86.0 cm³/mol. The molecule has 3 aliphatic rings. The Morgan fingerprint density at radius 2 is 1.91 bits per heavy atom. The van der Waals surface area contributed by atoms with Crippen molar-refractivity contribution < 1.29 is 9.53 Å². The highest BCUT2D eigenvalue weighted by Crippen LogP contribution is 2.51. The predicted octanol–water partition coefficient (Wildman–Crippen LogP) is 3.40. The quantitative estimate of drug-likeness (QED) is 0.836. The molecule has 1 saturated carbocycles. The Hall–Kier alpha value is -1.06. The maximum atomic E-state index is 13.2. The number of piperidine rings is 1. The summed E-state index contributed by atoms with van der Waals surface area (Å²) in [6.45, 7) is 3.45. The van der Waals surface area contributed by atoms with Gasteiger partial charge >= 0.3 is 0 Å². The first-order chi connectivity index (χ1) is 10.6. The second-order valence-corrected chi connectivity index (χ2v) is 7.66. The summed E-state index contributed by atoms with van der Waals surface area (Å²) in [5, 5.41) is 0.729. The number of halogens is 1. The van der Waals surface area contributed by atoms with E-state index in [0.29, 0.717) is 5.91 Å². The van der Waals surface area contributed by atoms with Crippen molar-refractivity contribution >= 4 is 17.5 Å². The summed E-state index contributed by atoms with van der Waals surface area (Å²) in [5.41, 5.74) is 1.08. The number of hydrogen-bond acceptors (Lipinski definition) is 2. The average Bonchev–Trinajstić information content (AvgIpc) is 3.23. The summed E-state index contributed by atoms with van der Waals surface area (Å²) in [5.74, 6) is 0.320.